The second-order valence-electron chi connectivity index (χ2n) is 5.08. The van der Waals surface area contributed by atoms with Crippen molar-refractivity contribution in [3.05, 3.63) is 44.0 Å². The molecule has 0 saturated heterocycles. The van der Waals surface area contributed by atoms with Gasteiger partial charge in [0.15, 0.2) is 0 Å². The van der Waals surface area contributed by atoms with E-state index in [-0.39, 0.29) is 39.1 Å². The summed E-state index contributed by atoms with van der Waals surface area (Å²) in [4.78, 5) is 0. The third-order valence-electron chi connectivity index (χ3n) is 3.43. The predicted octanol–water partition coefficient (Wildman–Crippen LogP) is 6.45. The summed E-state index contributed by atoms with van der Waals surface area (Å²) in [5.74, 6) is 0.636. The van der Waals surface area contributed by atoms with Crippen molar-refractivity contribution < 1.29 is 17.9 Å². The quantitative estimate of drug-likeness (QED) is 0.439. The number of alkyl halides is 3. The van der Waals surface area contributed by atoms with E-state index < -0.39 is 11.9 Å². The lowest BCUT2D eigenvalue weighted by Crippen LogP contribution is -2.17. The molecule has 0 spiro atoms. The molecule has 1 aromatic carbocycles. The lowest BCUT2D eigenvalue weighted by molar-refractivity contribution is -0.146. The Morgan fingerprint density at radius 2 is 2.00 bits per heavy atom. The van der Waals surface area contributed by atoms with Gasteiger partial charge < -0.3 is 9.30 Å². The fourth-order valence-electron chi connectivity index (χ4n) is 2.34. The second kappa shape index (κ2) is 8.89. The van der Waals surface area contributed by atoms with Crippen molar-refractivity contribution in [3.8, 4) is 17.3 Å². The molecule has 2 aromatic rings. The zero-order chi connectivity index (χ0) is 19.5. The van der Waals surface area contributed by atoms with Crippen molar-refractivity contribution in [2.45, 2.75) is 12.9 Å². The molecule has 1 aromatic heterocycles. The van der Waals surface area contributed by atoms with Gasteiger partial charge in [0, 0.05) is 11.3 Å². The molecule has 0 fully saturated rings. The van der Waals surface area contributed by atoms with Crippen LogP contribution in [-0.2, 0) is 17.6 Å². The molecule has 0 aliphatic carbocycles. The number of hydrogen-bond donors (Lipinski definition) is 0. The van der Waals surface area contributed by atoms with Crippen LogP contribution in [0.3, 0.4) is 0 Å². The van der Waals surface area contributed by atoms with Gasteiger partial charge in [-0.15, -0.1) is 0 Å². The summed E-state index contributed by atoms with van der Waals surface area (Å²) < 4.78 is 46.8. The Kier molecular flexibility index (Phi) is 7.34. The van der Waals surface area contributed by atoms with Crippen LogP contribution in [0.15, 0.2) is 22.7 Å². The van der Waals surface area contributed by atoms with Gasteiger partial charge in [-0.3, -0.25) is 0 Å². The number of hydrogen-bond acceptors (Lipinski definition) is 3. The molecule has 0 saturated carbocycles. The summed E-state index contributed by atoms with van der Waals surface area (Å²) in [5, 5.41) is 9.87. The van der Waals surface area contributed by atoms with E-state index in [4.69, 9.17) is 27.9 Å². The first-order chi connectivity index (χ1) is 12.2. The smallest absolute Gasteiger partial charge is 0.360 e. The zero-order valence-electron chi connectivity index (χ0n) is 13.3. The summed E-state index contributed by atoms with van der Waals surface area (Å²) in [5.41, 5.74) is -0.738. The topological polar surface area (TPSA) is 38.0 Å². The number of aromatic nitrogens is 1. The van der Waals surface area contributed by atoms with Crippen LogP contribution in [0.25, 0.3) is 11.3 Å². The van der Waals surface area contributed by atoms with E-state index in [1.54, 1.807) is 0 Å². The van der Waals surface area contributed by atoms with Gasteiger partial charge in [0.05, 0.1) is 32.4 Å². The maximum absolute atomic E-state index is 13.6. The minimum Gasteiger partial charge on any atom is -0.360 e. The van der Waals surface area contributed by atoms with Gasteiger partial charge in [-0.2, -0.15) is 30.2 Å². The average molecular weight is 488 g/mol. The van der Waals surface area contributed by atoms with Crippen molar-refractivity contribution in [2.75, 3.05) is 18.6 Å². The van der Waals surface area contributed by atoms with Crippen LogP contribution >= 0.6 is 50.9 Å². The van der Waals surface area contributed by atoms with Crippen LogP contribution in [0, 0.1) is 11.3 Å². The summed E-state index contributed by atoms with van der Waals surface area (Å²) in [6.45, 7) is -0.0811. The number of nitriles is 1. The Hall–Kier alpha value is -0.850. The largest absolute Gasteiger partial charge is 0.432 e. The van der Waals surface area contributed by atoms with Gasteiger partial charge in [0.1, 0.15) is 18.5 Å². The normalized spacial score (nSPS) is 11.6. The van der Waals surface area contributed by atoms with Crippen LogP contribution in [0.5, 0.6) is 0 Å². The van der Waals surface area contributed by atoms with Crippen molar-refractivity contribution in [3.63, 3.8) is 0 Å². The molecule has 0 unspecified atom stereocenters. The highest BCUT2D eigenvalue weighted by atomic mass is 79.9. The Morgan fingerprint density at radius 1 is 1.31 bits per heavy atom. The molecule has 1 heterocycles. The first-order valence-corrected chi connectivity index (χ1v) is 10.1. The highest BCUT2D eigenvalue weighted by molar-refractivity contribution is 9.10. The molecule has 0 N–H and O–H groups in total. The zero-order valence-corrected chi connectivity index (χ0v) is 17.2. The third-order valence-corrected chi connectivity index (χ3v) is 5.52. The number of rotatable bonds is 6. The Bertz CT molecular complexity index is 849. The predicted molar refractivity (Wildman–Crippen MR) is 102 cm³/mol. The molecule has 3 nitrogen and oxygen atoms in total. The van der Waals surface area contributed by atoms with E-state index in [1.165, 1.54) is 30.0 Å². The number of ether oxygens (including phenoxy) is 1. The molecule has 2 rings (SSSR count). The number of benzene rings is 1. The second-order valence-corrected chi connectivity index (χ2v) is 7.68. The van der Waals surface area contributed by atoms with Crippen LogP contribution < -0.4 is 0 Å². The van der Waals surface area contributed by atoms with Gasteiger partial charge >= 0.3 is 6.18 Å². The van der Waals surface area contributed by atoms with E-state index in [9.17, 15) is 18.4 Å². The van der Waals surface area contributed by atoms with E-state index in [0.717, 1.165) is 4.57 Å². The molecule has 0 bridgehead atoms. The summed E-state index contributed by atoms with van der Waals surface area (Å²) in [6, 6.07) is 6.22. The lowest BCUT2D eigenvalue weighted by Gasteiger charge is -2.16. The van der Waals surface area contributed by atoms with Crippen LogP contribution in [0.4, 0.5) is 13.2 Å². The lowest BCUT2D eigenvalue weighted by atomic mass is 10.1. The van der Waals surface area contributed by atoms with Crippen LogP contribution in [0.2, 0.25) is 10.0 Å². The summed E-state index contributed by atoms with van der Waals surface area (Å²) in [6.07, 6.45) is -2.81. The van der Waals surface area contributed by atoms with E-state index in [2.05, 4.69) is 15.9 Å². The maximum atomic E-state index is 13.6. The molecule has 0 amide bonds. The molecule has 10 heteroatoms. The average Bonchev–Trinajstić information content (AvgIpc) is 2.85. The molecule has 140 valence electrons. The Balaban J connectivity index is 2.67. The van der Waals surface area contributed by atoms with Crippen LogP contribution in [0.1, 0.15) is 11.3 Å². The van der Waals surface area contributed by atoms with Crippen molar-refractivity contribution in [1.82, 2.24) is 4.57 Å². The number of thioether (sulfide) groups is 1. The van der Waals surface area contributed by atoms with Gasteiger partial charge in [-0.25, -0.2) is 0 Å². The molecular weight excluding hydrogens is 476 g/mol. The van der Waals surface area contributed by atoms with Crippen molar-refractivity contribution >= 4 is 50.9 Å². The van der Waals surface area contributed by atoms with Gasteiger partial charge in [-0.1, -0.05) is 29.3 Å². The third kappa shape index (κ3) is 4.52. The minimum atomic E-state index is -4.68. The van der Waals surface area contributed by atoms with Gasteiger partial charge in [0.25, 0.3) is 0 Å². The standard InChI is InChI=1S/C16H12BrCl2F3N2OS/c1-26-5-4-25-8-24-14(9-2-3-11(18)12(19)6-9)10(7-23)13(17)15(24)16(20,21)22/h2-3,6H,4-5,8H2,1H3. The summed E-state index contributed by atoms with van der Waals surface area (Å²) in [7, 11) is 0. The van der Waals surface area contributed by atoms with Crippen molar-refractivity contribution in [2.24, 2.45) is 0 Å². The number of halogens is 6. The fourth-order valence-corrected chi connectivity index (χ4v) is 3.64. The minimum absolute atomic E-state index is 0.0643. The molecular formula is C16H12BrCl2F3N2OS. The summed E-state index contributed by atoms with van der Waals surface area (Å²) >= 11 is 16.3. The van der Waals surface area contributed by atoms with E-state index >= 15 is 0 Å². The SMILES string of the molecule is CSCCOCn1c(-c2ccc(Cl)c(Cl)c2)c(C#N)c(Br)c1C(F)(F)F. The van der Waals surface area contributed by atoms with Crippen molar-refractivity contribution in [1.29, 1.82) is 5.26 Å². The molecule has 0 atom stereocenters. The first kappa shape index (κ1) is 21.5. The van der Waals surface area contributed by atoms with E-state index in [1.807, 2.05) is 12.3 Å². The maximum Gasteiger partial charge on any atom is 0.432 e. The fraction of sp³-hybridized carbons (Fsp3) is 0.312. The van der Waals surface area contributed by atoms with Gasteiger partial charge in [0.2, 0.25) is 0 Å². The Morgan fingerprint density at radius 3 is 2.54 bits per heavy atom. The highest BCUT2D eigenvalue weighted by Crippen LogP contribution is 2.43. The molecule has 0 radical (unpaired) electrons. The molecule has 26 heavy (non-hydrogen) atoms. The van der Waals surface area contributed by atoms with Gasteiger partial charge in [-0.05, 0) is 34.3 Å². The number of nitrogens with zero attached hydrogens (tertiary/aromatic N) is 2. The first-order valence-electron chi connectivity index (χ1n) is 7.13. The monoisotopic (exact) mass is 486 g/mol. The Labute approximate surface area is 171 Å². The van der Waals surface area contributed by atoms with E-state index in [0.29, 0.717) is 11.3 Å². The van der Waals surface area contributed by atoms with Crippen LogP contribution in [-0.4, -0.2) is 23.2 Å². The highest BCUT2D eigenvalue weighted by Gasteiger charge is 2.40. The molecule has 0 aliphatic rings. The molecule has 0 aliphatic heterocycles.